The molecule has 1 heterocycles. The van der Waals surface area contributed by atoms with E-state index in [-0.39, 0.29) is 5.92 Å². The lowest BCUT2D eigenvalue weighted by atomic mass is 9.95. The van der Waals surface area contributed by atoms with Crippen molar-refractivity contribution in [1.82, 2.24) is 4.90 Å². The Morgan fingerprint density at radius 2 is 2.20 bits per heavy atom. The highest BCUT2D eigenvalue weighted by atomic mass is 16.1. The van der Waals surface area contributed by atoms with Gasteiger partial charge in [-0.2, -0.15) is 0 Å². The Kier molecular flexibility index (Phi) is 3.15. The molecule has 0 spiro atoms. The summed E-state index contributed by atoms with van der Waals surface area (Å²) in [7, 11) is 0. The maximum Gasteiger partial charge on any atom is 0.138 e. The zero-order valence-electron chi connectivity index (χ0n) is 10.1. The van der Waals surface area contributed by atoms with E-state index in [0.717, 1.165) is 19.5 Å². The van der Waals surface area contributed by atoms with Gasteiger partial charge in [-0.25, -0.2) is 0 Å². The molecule has 0 N–H and O–H groups in total. The minimum Gasteiger partial charge on any atom is -0.302 e. The van der Waals surface area contributed by atoms with Crippen LogP contribution < -0.4 is 0 Å². The van der Waals surface area contributed by atoms with Crippen LogP contribution in [0.25, 0.3) is 0 Å². The zero-order chi connectivity index (χ0) is 10.9. The first-order chi connectivity index (χ1) is 7.15. The average Bonchev–Trinajstić information content (AvgIpc) is 2.92. The molecule has 0 amide bonds. The first kappa shape index (κ1) is 11.1. The molecule has 0 aromatic carbocycles. The van der Waals surface area contributed by atoms with Gasteiger partial charge in [0, 0.05) is 32.0 Å². The van der Waals surface area contributed by atoms with Crippen molar-refractivity contribution in [3.8, 4) is 0 Å². The maximum atomic E-state index is 11.4. The van der Waals surface area contributed by atoms with Crippen LogP contribution >= 0.6 is 0 Å². The number of nitrogens with zero attached hydrogens (tertiary/aromatic N) is 1. The summed E-state index contributed by atoms with van der Waals surface area (Å²) >= 11 is 0. The van der Waals surface area contributed by atoms with E-state index in [1.807, 2.05) is 0 Å². The van der Waals surface area contributed by atoms with Crippen LogP contribution in [0, 0.1) is 11.3 Å². The van der Waals surface area contributed by atoms with Crippen LogP contribution in [0.4, 0.5) is 0 Å². The van der Waals surface area contributed by atoms with Gasteiger partial charge < -0.3 is 4.90 Å². The Labute approximate surface area is 93.0 Å². The largest absolute Gasteiger partial charge is 0.302 e. The van der Waals surface area contributed by atoms with Gasteiger partial charge in [-0.3, -0.25) is 4.79 Å². The number of piperidine rings is 1. The SMILES string of the molecule is CCCC1(CN2CCC(=O)C(C)C2)CC1. The molecule has 2 heteroatoms. The third-order valence-corrected chi connectivity index (χ3v) is 4.05. The first-order valence-corrected chi connectivity index (χ1v) is 6.40. The lowest BCUT2D eigenvalue weighted by Gasteiger charge is -2.33. The van der Waals surface area contributed by atoms with Crippen molar-refractivity contribution in [2.45, 2.75) is 46.0 Å². The molecule has 1 saturated carbocycles. The van der Waals surface area contributed by atoms with E-state index in [1.54, 1.807) is 0 Å². The third-order valence-electron chi connectivity index (χ3n) is 4.05. The number of carbonyl (C=O) groups excluding carboxylic acids is 1. The average molecular weight is 209 g/mol. The molecule has 1 saturated heterocycles. The molecule has 2 rings (SSSR count). The molecule has 0 radical (unpaired) electrons. The summed E-state index contributed by atoms with van der Waals surface area (Å²) in [6.45, 7) is 7.62. The molecule has 0 bridgehead atoms. The summed E-state index contributed by atoms with van der Waals surface area (Å²) in [6.07, 6.45) is 6.30. The topological polar surface area (TPSA) is 20.3 Å². The number of hydrogen-bond acceptors (Lipinski definition) is 2. The van der Waals surface area contributed by atoms with Gasteiger partial charge in [-0.05, 0) is 24.7 Å². The Bertz CT molecular complexity index is 245. The van der Waals surface area contributed by atoms with Crippen molar-refractivity contribution in [2.75, 3.05) is 19.6 Å². The van der Waals surface area contributed by atoms with Gasteiger partial charge in [0.15, 0.2) is 0 Å². The number of rotatable bonds is 4. The van der Waals surface area contributed by atoms with Crippen molar-refractivity contribution >= 4 is 5.78 Å². The van der Waals surface area contributed by atoms with E-state index < -0.39 is 0 Å². The minimum absolute atomic E-state index is 0.274. The molecule has 0 aromatic rings. The van der Waals surface area contributed by atoms with Gasteiger partial charge in [0.2, 0.25) is 0 Å². The fraction of sp³-hybridized carbons (Fsp3) is 0.923. The van der Waals surface area contributed by atoms with Crippen LogP contribution in [0.2, 0.25) is 0 Å². The van der Waals surface area contributed by atoms with Gasteiger partial charge in [0.1, 0.15) is 5.78 Å². The summed E-state index contributed by atoms with van der Waals surface area (Å²) < 4.78 is 0. The van der Waals surface area contributed by atoms with E-state index in [0.29, 0.717) is 11.2 Å². The smallest absolute Gasteiger partial charge is 0.138 e. The molecule has 1 unspecified atom stereocenters. The van der Waals surface area contributed by atoms with E-state index in [9.17, 15) is 4.79 Å². The number of hydrogen-bond donors (Lipinski definition) is 0. The molecule has 2 nitrogen and oxygen atoms in total. The molecule has 1 aliphatic carbocycles. The van der Waals surface area contributed by atoms with Crippen molar-refractivity contribution < 1.29 is 4.79 Å². The highest BCUT2D eigenvalue weighted by molar-refractivity contribution is 5.81. The number of carbonyl (C=O) groups is 1. The van der Waals surface area contributed by atoms with Crippen LogP contribution in [-0.2, 0) is 4.79 Å². The number of ketones is 1. The second-order valence-corrected chi connectivity index (χ2v) is 5.60. The normalized spacial score (nSPS) is 30.5. The summed E-state index contributed by atoms with van der Waals surface area (Å²) in [5, 5.41) is 0. The van der Waals surface area contributed by atoms with Crippen molar-refractivity contribution in [3.63, 3.8) is 0 Å². The molecule has 1 aliphatic heterocycles. The van der Waals surface area contributed by atoms with Crippen LogP contribution in [0.15, 0.2) is 0 Å². The Morgan fingerprint density at radius 3 is 2.73 bits per heavy atom. The fourth-order valence-electron chi connectivity index (χ4n) is 2.91. The Hall–Kier alpha value is -0.370. The van der Waals surface area contributed by atoms with Gasteiger partial charge in [-0.1, -0.05) is 20.3 Å². The van der Waals surface area contributed by atoms with Crippen molar-refractivity contribution in [2.24, 2.45) is 11.3 Å². The number of Topliss-reactive ketones (excluding diaryl/α,β-unsaturated/α-hetero) is 1. The molecule has 0 aromatic heterocycles. The molecule has 1 atom stereocenters. The molecular weight excluding hydrogens is 186 g/mol. The van der Waals surface area contributed by atoms with Crippen LogP contribution in [0.1, 0.15) is 46.0 Å². The Balaban J connectivity index is 1.83. The molecule has 15 heavy (non-hydrogen) atoms. The second-order valence-electron chi connectivity index (χ2n) is 5.60. The lowest BCUT2D eigenvalue weighted by molar-refractivity contribution is -0.125. The molecule has 2 aliphatic rings. The van der Waals surface area contributed by atoms with E-state index in [2.05, 4.69) is 18.7 Å². The van der Waals surface area contributed by atoms with Crippen molar-refractivity contribution in [3.05, 3.63) is 0 Å². The minimum atomic E-state index is 0.274. The summed E-state index contributed by atoms with van der Waals surface area (Å²) in [5.41, 5.74) is 0.648. The van der Waals surface area contributed by atoms with Gasteiger partial charge in [0.05, 0.1) is 0 Å². The second kappa shape index (κ2) is 4.25. The summed E-state index contributed by atoms with van der Waals surface area (Å²) in [5.74, 6) is 0.739. The standard InChI is InChI=1S/C13H23NO/c1-3-5-13(6-7-13)10-14-8-4-12(15)11(2)9-14/h11H,3-10H2,1-2H3. The lowest BCUT2D eigenvalue weighted by Crippen LogP contribution is -2.42. The predicted molar refractivity (Wildman–Crippen MR) is 61.8 cm³/mol. The van der Waals surface area contributed by atoms with Gasteiger partial charge in [0.25, 0.3) is 0 Å². The first-order valence-electron chi connectivity index (χ1n) is 6.40. The molecule has 2 fully saturated rings. The van der Waals surface area contributed by atoms with Gasteiger partial charge >= 0.3 is 0 Å². The predicted octanol–water partition coefficient (Wildman–Crippen LogP) is 2.48. The highest BCUT2D eigenvalue weighted by Crippen LogP contribution is 2.50. The van der Waals surface area contributed by atoms with Crippen molar-refractivity contribution in [1.29, 1.82) is 0 Å². The van der Waals surface area contributed by atoms with E-state index in [4.69, 9.17) is 0 Å². The quantitative estimate of drug-likeness (QED) is 0.709. The van der Waals surface area contributed by atoms with Gasteiger partial charge in [-0.15, -0.1) is 0 Å². The fourth-order valence-corrected chi connectivity index (χ4v) is 2.91. The Morgan fingerprint density at radius 1 is 1.47 bits per heavy atom. The summed E-state index contributed by atoms with van der Waals surface area (Å²) in [4.78, 5) is 13.9. The van der Waals surface area contributed by atoms with Crippen LogP contribution in [0.3, 0.4) is 0 Å². The number of likely N-dealkylation sites (tertiary alicyclic amines) is 1. The molecular formula is C13H23NO. The van der Waals surface area contributed by atoms with Crippen LogP contribution in [0.5, 0.6) is 0 Å². The van der Waals surface area contributed by atoms with E-state index >= 15 is 0 Å². The van der Waals surface area contributed by atoms with Crippen LogP contribution in [-0.4, -0.2) is 30.3 Å². The highest BCUT2D eigenvalue weighted by Gasteiger charge is 2.43. The summed E-state index contributed by atoms with van der Waals surface area (Å²) in [6, 6.07) is 0. The zero-order valence-corrected chi connectivity index (χ0v) is 10.1. The molecule has 86 valence electrons. The third kappa shape index (κ3) is 2.60. The monoisotopic (exact) mass is 209 g/mol. The maximum absolute atomic E-state index is 11.4. The van der Waals surface area contributed by atoms with E-state index in [1.165, 1.54) is 32.2 Å².